The van der Waals surface area contributed by atoms with Gasteiger partial charge in [-0.05, 0) is 82.1 Å². The van der Waals surface area contributed by atoms with E-state index >= 15 is 0 Å². The lowest BCUT2D eigenvalue weighted by Gasteiger charge is -2.32. The molecule has 0 aliphatic rings. The Hall–Kier alpha value is -2.76. The first-order valence-corrected chi connectivity index (χ1v) is 15.4. The molecule has 41 heavy (non-hydrogen) atoms. The minimum atomic E-state index is -3.56. The Morgan fingerprint density at radius 2 is 1.56 bits per heavy atom. The zero-order valence-corrected chi connectivity index (χ0v) is 26.9. The first-order valence-electron chi connectivity index (χ1n) is 13.6. The van der Waals surface area contributed by atoms with Crippen LogP contribution in [0, 0.1) is 0 Å². The number of nitrogens with zero attached hydrogens (tertiary/aromatic N) is 2. The summed E-state index contributed by atoms with van der Waals surface area (Å²) in [7, 11) is -3.56. The van der Waals surface area contributed by atoms with Crippen molar-refractivity contribution in [2.75, 3.05) is 24.6 Å². The molecule has 1 rings (SSSR count). The topological polar surface area (TPSA) is 164 Å². The molecule has 0 atom stereocenters. The quantitative estimate of drug-likeness (QED) is 0.188. The van der Waals surface area contributed by atoms with Crippen molar-refractivity contribution < 1.29 is 37.5 Å². The van der Waals surface area contributed by atoms with Crippen LogP contribution >= 0.6 is 7.60 Å². The summed E-state index contributed by atoms with van der Waals surface area (Å²) in [4.78, 5) is 53.2. The van der Waals surface area contributed by atoms with E-state index in [0.29, 0.717) is 18.4 Å². The number of hydrogen-bond acceptors (Lipinski definition) is 10. The molecule has 1 aromatic rings. The number of aromatic nitrogens is 2. The third-order valence-corrected chi connectivity index (χ3v) is 7.10. The molecule has 0 unspecified atom stereocenters. The first-order chi connectivity index (χ1) is 18.6. The average Bonchev–Trinajstić information content (AvgIpc) is 2.74. The van der Waals surface area contributed by atoms with Crippen molar-refractivity contribution in [3.8, 4) is 0 Å². The number of carbonyl (C=O) groups is 3. The van der Waals surface area contributed by atoms with Crippen LogP contribution in [0.25, 0.3) is 0 Å². The summed E-state index contributed by atoms with van der Waals surface area (Å²) in [5.41, 5.74) is -2.51. The number of rotatable bonds is 13. The largest absolute Gasteiger partial charge is 0.465 e. The maximum absolute atomic E-state index is 13.3. The Labute approximate surface area is 242 Å². The van der Waals surface area contributed by atoms with Crippen molar-refractivity contribution in [1.82, 2.24) is 14.9 Å². The summed E-state index contributed by atoms with van der Waals surface area (Å²) in [6.45, 7) is 17.4. The summed E-state index contributed by atoms with van der Waals surface area (Å²) in [6.07, 6.45) is 1.18. The van der Waals surface area contributed by atoms with E-state index in [0.717, 1.165) is 4.57 Å². The molecule has 0 saturated carbocycles. The third-order valence-electron chi connectivity index (χ3n) is 4.68. The van der Waals surface area contributed by atoms with Gasteiger partial charge in [-0.3, -0.25) is 24.0 Å². The molecule has 0 aliphatic carbocycles. The van der Waals surface area contributed by atoms with E-state index in [1.54, 1.807) is 69.2 Å². The van der Waals surface area contributed by atoms with E-state index in [9.17, 15) is 23.7 Å². The van der Waals surface area contributed by atoms with Crippen molar-refractivity contribution >= 4 is 31.4 Å². The van der Waals surface area contributed by atoms with Gasteiger partial charge in [0.05, 0.1) is 24.0 Å². The Bertz CT molecular complexity index is 1140. The molecule has 2 N–H and O–H groups in total. The lowest BCUT2D eigenvalue weighted by molar-refractivity contribution is -0.143. The lowest BCUT2D eigenvalue weighted by Crippen LogP contribution is -2.32. The smallest absolute Gasteiger partial charge is 0.413 e. The predicted octanol–water partition coefficient (Wildman–Crippen LogP) is 4.42. The van der Waals surface area contributed by atoms with Gasteiger partial charge in [-0.25, -0.2) is 9.59 Å². The second kappa shape index (κ2) is 14.9. The maximum Gasteiger partial charge on any atom is 0.413 e. The highest BCUT2D eigenvalue weighted by Crippen LogP contribution is 2.54. The average molecular weight is 603 g/mol. The van der Waals surface area contributed by atoms with Crippen LogP contribution in [-0.4, -0.2) is 63.6 Å². The molecule has 1 heterocycles. The molecule has 0 fully saturated rings. The van der Waals surface area contributed by atoms with Crippen LogP contribution in [0.2, 0.25) is 0 Å². The molecular formula is C27H47N4O9P. The second-order valence-electron chi connectivity index (χ2n) is 12.4. The van der Waals surface area contributed by atoms with Gasteiger partial charge in [-0.1, -0.05) is 0 Å². The fourth-order valence-electron chi connectivity index (χ4n) is 3.46. The normalized spacial score (nSPS) is 12.5. The van der Waals surface area contributed by atoms with Gasteiger partial charge in [0.1, 0.15) is 18.0 Å². The van der Waals surface area contributed by atoms with E-state index in [2.05, 4.69) is 15.6 Å². The molecule has 1 aromatic heterocycles. The van der Waals surface area contributed by atoms with E-state index in [4.69, 9.17) is 18.5 Å². The van der Waals surface area contributed by atoms with Crippen LogP contribution in [0.3, 0.4) is 0 Å². The number of anilines is 1. The molecular weight excluding hydrogens is 555 g/mol. The third kappa shape index (κ3) is 15.7. The summed E-state index contributed by atoms with van der Waals surface area (Å²) in [5, 5.41) is 5.26. The lowest BCUT2D eigenvalue weighted by atomic mass is 10.1. The maximum atomic E-state index is 13.3. The highest BCUT2D eigenvalue weighted by atomic mass is 31.2. The predicted molar refractivity (Wildman–Crippen MR) is 155 cm³/mol. The monoisotopic (exact) mass is 602 g/mol. The minimum Gasteiger partial charge on any atom is -0.465 e. The molecule has 0 bridgehead atoms. The van der Waals surface area contributed by atoms with Crippen LogP contribution in [0.5, 0.6) is 0 Å². The molecule has 13 nitrogen and oxygen atoms in total. The van der Waals surface area contributed by atoms with Crippen molar-refractivity contribution in [2.24, 2.45) is 0 Å². The van der Waals surface area contributed by atoms with Gasteiger partial charge in [0.2, 0.25) is 5.91 Å². The number of carbonyl (C=O) groups excluding carboxylic acids is 3. The number of ether oxygens (including phenoxy) is 2. The SMILES string of the molecule is CCOC(=O)Cn1cc(CCCNC(=O)CCP(=O)(OC(C)(C)C)OC(C)(C)C)c(NC(=O)OC(C)(C)C)nc1=O. The number of hydrogen-bond donors (Lipinski definition) is 2. The molecule has 234 valence electrons. The van der Waals surface area contributed by atoms with Crippen molar-refractivity contribution in [1.29, 1.82) is 0 Å². The van der Waals surface area contributed by atoms with E-state index in [1.807, 2.05) is 0 Å². The van der Waals surface area contributed by atoms with E-state index in [-0.39, 0.29) is 44.0 Å². The van der Waals surface area contributed by atoms with Gasteiger partial charge in [0.15, 0.2) is 0 Å². The fourth-order valence-corrected chi connectivity index (χ4v) is 5.83. The Kier molecular flexibility index (Phi) is 13.2. The van der Waals surface area contributed by atoms with Crippen molar-refractivity contribution in [3.05, 3.63) is 22.2 Å². The Morgan fingerprint density at radius 3 is 2.07 bits per heavy atom. The Morgan fingerprint density at radius 1 is 0.976 bits per heavy atom. The van der Waals surface area contributed by atoms with Crippen LogP contribution in [0.4, 0.5) is 10.6 Å². The van der Waals surface area contributed by atoms with Gasteiger partial charge in [-0.15, -0.1) is 0 Å². The van der Waals surface area contributed by atoms with Crippen LogP contribution in [0.15, 0.2) is 11.0 Å². The van der Waals surface area contributed by atoms with Crippen LogP contribution < -0.4 is 16.3 Å². The van der Waals surface area contributed by atoms with Gasteiger partial charge in [0.25, 0.3) is 0 Å². The van der Waals surface area contributed by atoms with Gasteiger partial charge in [0, 0.05) is 24.7 Å². The van der Waals surface area contributed by atoms with Gasteiger partial charge < -0.3 is 23.8 Å². The number of aryl methyl sites for hydroxylation is 1. The molecule has 0 saturated heterocycles. The summed E-state index contributed by atoms with van der Waals surface area (Å²) >= 11 is 0. The first kappa shape index (κ1) is 36.3. The molecule has 2 amide bonds. The molecule has 0 aromatic carbocycles. The summed E-state index contributed by atoms with van der Waals surface area (Å²) in [5.74, 6) is -0.946. The van der Waals surface area contributed by atoms with Crippen LogP contribution in [0.1, 0.15) is 87.6 Å². The summed E-state index contributed by atoms with van der Waals surface area (Å²) in [6, 6.07) is 0. The van der Waals surface area contributed by atoms with E-state index in [1.165, 1.54) is 6.20 Å². The number of nitrogens with one attached hydrogen (secondary N) is 2. The van der Waals surface area contributed by atoms with Gasteiger partial charge >= 0.3 is 25.3 Å². The van der Waals surface area contributed by atoms with E-state index < -0.39 is 42.2 Å². The number of amides is 2. The molecule has 0 spiro atoms. The zero-order chi connectivity index (χ0) is 31.6. The highest BCUT2D eigenvalue weighted by molar-refractivity contribution is 7.54. The number of esters is 1. The zero-order valence-electron chi connectivity index (χ0n) is 26.0. The Balaban J connectivity index is 2.91. The van der Waals surface area contributed by atoms with Crippen LogP contribution in [-0.2, 0) is 45.6 Å². The highest BCUT2D eigenvalue weighted by Gasteiger charge is 2.35. The standard InChI is InChI=1S/C27H47N4O9P/c1-11-37-21(33)18-31-17-19(22(29-23(31)34)30-24(35)38-25(2,3)4)13-12-15-28-20(32)14-16-41(36,39-26(5,6)7)40-27(8,9)10/h17H,11-16,18H2,1-10H3,(H,28,32)(H,29,30,34,35). The fraction of sp³-hybridized carbons (Fsp3) is 0.741. The molecule has 14 heteroatoms. The molecule has 0 radical (unpaired) electrons. The molecule has 0 aliphatic heterocycles. The van der Waals surface area contributed by atoms with Crippen molar-refractivity contribution in [3.63, 3.8) is 0 Å². The van der Waals surface area contributed by atoms with Crippen molar-refractivity contribution in [2.45, 2.75) is 112 Å². The second-order valence-corrected chi connectivity index (χ2v) is 14.4. The minimum absolute atomic E-state index is 0.00437. The summed E-state index contributed by atoms with van der Waals surface area (Å²) < 4.78 is 36.0. The van der Waals surface area contributed by atoms with Gasteiger partial charge in [-0.2, -0.15) is 4.98 Å².